The van der Waals surface area contributed by atoms with E-state index in [-0.39, 0.29) is 30.4 Å². The molecule has 1 aliphatic rings. The van der Waals surface area contributed by atoms with Crippen molar-refractivity contribution >= 4 is 27.7 Å². The predicted octanol–water partition coefficient (Wildman–Crippen LogP) is 2.19. The molecule has 126 valence electrons. The van der Waals surface area contributed by atoms with Crippen LogP contribution in [-0.2, 0) is 4.79 Å². The predicted molar refractivity (Wildman–Crippen MR) is 92.1 cm³/mol. The van der Waals surface area contributed by atoms with Gasteiger partial charge in [0.05, 0.1) is 12.6 Å². The van der Waals surface area contributed by atoms with Crippen molar-refractivity contribution in [3.8, 4) is 0 Å². The van der Waals surface area contributed by atoms with E-state index in [1.54, 1.807) is 17.0 Å². The van der Waals surface area contributed by atoms with E-state index in [1.807, 2.05) is 19.1 Å². The summed E-state index contributed by atoms with van der Waals surface area (Å²) in [6.07, 6.45) is 2.04. The molecule has 1 aromatic carbocycles. The largest absolute Gasteiger partial charge is 0.394 e. The molecule has 1 aromatic rings. The van der Waals surface area contributed by atoms with Crippen molar-refractivity contribution in [1.29, 1.82) is 0 Å². The first-order chi connectivity index (χ1) is 11.0. The highest BCUT2D eigenvalue weighted by Crippen LogP contribution is 2.20. The lowest BCUT2D eigenvalue weighted by molar-refractivity contribution is -0.127. The van der Waals surface area contributed by atoms with Crippen LogP contribution in [0.2, 0.25) is 0 Å². The molecule has 1 fully saturated rings. The second-order valence-corrected chi connectivity index (χ2v) is 6.79. The van der Waals surface area contributed by atoms with Crippen LogP contribution in [-0.4, -0.2) is 47.6 Å². The first kappa shape index (κ1) is 17.9. The smallest absolute Gasteiger partial charge is 0.253 e. The monoisotopic (exact) mass is 382 g/mol. The lowest BCUT2D eigenvalue weighted by Crippen LogP contribution is -2.46. The van der Waals surface area contributed by atoms with Crippen LogP contribution in [0, 0.1) is 5.92 Å². The number of nitrogens with zero attached hydrogens (tertiary/aromatic N) is 1. The lowest BCUT2D eigenvalue weighted by atomic mass is 9.95. The second-order valence-electron chi connectivity index (χ2n) is 5.87. The van der Waals surface area contributed by atoms with Gasteiger partial charge in [-0.25, -0.2) is 0 Å². The minimum Gasteiger partial charge on any atom is -0.394 e. The number of amides is 2. The highest BCUT2D eigenvalue weighted by atomic mass is 79.9. The number of piperidine rings is 1. The summed E-state index contributed by atoms with van der Waals surface area (Å²) in [5, 5.41) is 12.0. The van der Waals surface area contributed by atoms with Crippen LogP contribution < -0.4 is 5.32 Å². The number of rotatable bonds is 5. The molecule has 0 saturated carbocycles. The summed E-state index contributed by atoms with van der Waals surface area (Å²) in [5.41, 5.74) is 0.669. The Morgan fingerprint density at radius 1 is 1.30 bits per heavy atom. The van der Waals surface area contributed by atoms with Crippen molar-refractivity contribution in [2.45, 2.75) is 32.2 Å². The molecule has 0 unspecified atom stereocenters. The fraction of sp³-hybridized carbons (Fsp3) is 0.529. The summed E-state index contributed by atoms with van der Waals surface area (Å²) in [4.78, 5) is 26.4. The molecule has 2 amide bonds. The Bertz CT molecular complexity index is 535. The number of hydrogen-bond acceptors (Lipinski definition) is 3. The van der Waals surface area contributed by atoms with Crippen molar-refractivity contribution in [2.75, 3.05) is 19.7 Å². The Morgan fingerprint density at radius 3 is 2.43 bits per heavy atom. The fourth-order valence-electron chi connectivity index (χ4n) is 2.72. The number of benzene rings is 1. The summed E-state index contributed by atoms with van der Waals surface area (Å²) in [5.74, 6) is -0.0793. The molecule has 1 heterocycles. The molecule has 0 aromatic heterocycles. The maximum atomic E-state index is 12.4. The molecule has 2 rings (SSSR count). The molecule has 1 saturated heterocycles. The SMILES string of the molecule is CC[C@@H](CO)NC(=O)C1CCN(C(=O)c2ccc(Br)cc2)CC1. The minimum absolute atomic E-state index is 0.0122. The van der Waals surface area contributed by atoms with Crippen molar-refractivity contribution in [2.24, 2.45) is 5.92 Å². The highest BCUT2D eigenvalue weighted by Gasteiger charge is 2.28. The Kier molecular flexibility index (Phi) is 6.59. The van der Waals surface area contributed by atoms with Gasteiger partial charge in [-0.3, -0.25) is 9.59 Å². The van der Waals surface area contributed by atoms with Gasteiger partial charge < -0.3 is 15.3 Å². The number of aliphatic hydroxyl groups excluding tert-OH is 1. The summed E-state index contributed by atoms with van der Waals surface area (Å²) in [6.45, 7) is 3.07. The Hall–Kier alpha value is -1.40. The van der Waals surface area contributed by atoms with Crippen molar-refractivity contribution in [3.63, 3.8) is 0 Å². The molecule has 6 heteroatoms. The number of nitrogens with one attached hydrogen (secondary N) is 1. The molecule has 1 atom stereocenters. The van der Waals surface area contributed by atoms with E-state index in [2.05, 4.69) is 21.2 Å². The van der Waals surface area contributed by atoms with Crippen LogP contribution >= 0.6 is 15.9 Å². The van der Waals surface area contributed by atoms with Crippen molar-refractivity contribution in [3.05, 3.63) is 34.3 Å². The van der Waals surface area contributed by atoms with Crippen LogP contribution in [0.25, 0.3) is 0 Å². The topological polar surface area (TPSA) is 69.6 Å². The molecule has 2 N–H and O–H groups in total. The maximum Gasteiger partial charge on any atom is 0.253 e. The van der Waals surface area contributed by atoms with Gasteiger partial charge in [0, 0.05) is 29.0 Å². The van der Waals surface area contributed by atoms with Gasteiger partial charge in [-0.2, -0.15) is 0 Å². The first-order valence-corrected chi connectivity index (χ1v) is 8.80. The lowest BCUT2D eigenvalue weighted by Gasteiger charge is -2.32. The zero-order chi connectivity index (χ0) is 16.8. The highest BCUT2D eigenvalue weighted by molar-refractivity contribution is 9.10. The average molecular weight is 383 g/mol. The quantitative estimate of drug-likeness (QED) is 0.819. The molecular weight excluding hydrogens is 360 g/mol. The summed E-state index contributed by atoms with van der Waals surface area (Å²) >= 11 is 3.36. The van der Waals surface area contributed by atoms with E-state index in [0.717, 1.165) is 4.47 Å². The van der Waals surface area contributed by atoms with E-state index in [1.165, 1.54) is 0 Å². The van der Waals surface area contributed by atoms with Gasteiger partial charge in [0.15, 0.2) is 0 Å². The Morgan fingerprint density at radius 2 is 1.91 bits per heavy atom. The van der Waals surface area contributed by atoms with Crippen LogP contribution in [0.15, 0.2) is 28.7 Å². The Labute approximate surface area is 145 Å². The van der Waals surface area contributed by atoms with Crippen LogP contribution in [0.5, 0.6) is 0 Å². The van der Waals surface area contributed by atoms with Gasteiger partial charge in [0.25, 0.3) is 5.91 Å². The number of likely N-dealkylation sites (tertiary alicyclic amines) is 1. The van der Waals surface area contributed by atoms with E-state index < -0.39 is 0 Å². The van der Waals surface area contributed by atoms with E-state index in [0.29, 0.717) is 37.9 Å². The number of carbonyl (C=O) groups is 2. The molecule has 0 aliphatic carbocycles. The minimum atomic E-state index is -0.176. The number of carbonyl (C=O) groups excluding carboxylic acids is 2. The fourth-order valence-corrected chi connectivity index (χ4v) is 2.98. The van der Waals surface area contributed by atoms with Gasteiger partial charge in [-0.05, 0) is 43.5 Å². The van der Waals surface area contributed by atoms with E-state index >= 15 is 0 Å². The van der Waals surface area contributed by atoms with E-state index in [4.69, 9.17) is 5.11 Å². The van der Waals surface area contributed by atoms with Gasteiger partial charge in [-0.15, -0.1) is 0 Å². The summed E-state index contributed by atoms with van der Waals surface area (Å²) in [7, 11) is 0. The second kappa shape index (κ2) is 8.45. The van der Waals surface area contributed by atoms with Crippen molar-refractivity contribution in [1.82, 2.24) is 10.2 Å². The zero-order valence-corrected chi connectivity index (χ0v) is 14.9. The molecular formula is C17H23BrN2O3. The molecule has 0 bridgehead atoms. The standard InChI is InChI=1S/C17H23BrN2O3/c1-2-15(11-21)19-16(22)12-7-9-20(10-8-12)17(23)13-3-5-14(18)6-4-13/h3-6,12,15,21H,2,7-11H2,1H3,(H,19,22)/t15-/m0/s1. The normalized spacial score (nSPS) is 16.9. The van der Waals surface area contributed by atoms with Crippen LogP contribution in [0.3, 0.4) is 0 Å². The van der Waals surface area contributed by atoms with Gasteiger partial charge >= 0.3 is 0 Å². The molecule has 23 heavy (non-hydrogen) atoms. The third kappa shape index (κ3) is 4.78. The van der Waals surface area contributed by atoms with Crippen LogP contribution in [0.4, 0.5) is 0 Å². The Balaban J connectivity index is 1.87. The summed E-state index contributed by atoms with van der Waals surface area (Å²) < 4.78 is 0.943. The number of hydrogen-bond donors (Lipinski definition) is 2. The number of aliphatic hydroxyl groups is 1. The summed E-state index contributed by atoms with van der Waals surface area (Å²) in [6, 6.07) is 7.14. The van der Waals surface area contributed by atoms with Crippen molar-refractivity contribution < 1.29 is 14.7 Å². The third-order valence-corrected chi connectivity index (χ3v) is 4.83. The van der Waals surface area contributed by atoms with Gasteiger partial charge in [0.2, 0.25) is 5.91 Å². The first-order valence-electron chi connectivity index (χ1n) is 8.01. The molecule has 5 nitrogen and oxygen atoms in total. The van der Waals surface area contributed by atoms with Gasteiger partial charge in [0.1, 0.15) is 0 Å². The number of halogens is 1. The zero-order valence-electron chi connectivity index (χ0n) is 13.3. The average Bonchev–Trinajstić information content (AvgIpc) is 2.59. The van der Waals surface area contributed by atoms with E-state index in [9.17, 15) is 9.59 Å². The van der Waals surface area contributed by atoms with Crippen LogP contribution in [0.1, 0.15) is 36.5 Å². The van der Waals surface area contributed by atoms with Gasteiger partial charge in [-0.1, -0.05) is 22.9 Å². The third-order valence-electron chi connectivity index (χ3n) is 4.30. The maximum absolute atomic E-state index is 12.4. The molecule has 1 aliphatic heterocycles. The molecule has 0 spiro atoms. The molecule has 0 radical (unpaired) electrons.